The lowest BCUT2D eigenvalue weighted by atomic mass is 9.84. The molecular weight excluding hydrogens is 348 g/mol. The lowest BCUT2D eigenvalue weighted by Gasteiger charge is -2.30. The molecule has 5 heteroatoms. The fraction of sp³-hybridized carbons (Fsp3) is 0.304. The van der Waals surface area contributed by atoms with Crippen LogP contribution in [-0.4, -0.2) is 27.3 Å². The molecule has 5 nitrogen and oxygen atoms in total. The number of H-pyrrole nitrogens is 1. The van der Waals surface area contributed by atoms with Gasteiger partial charge in [-0.25, -0.2) is 0 Å². The van der Waals surface area contributed by atoms with Crippen molar-refractivity contribution in [2.45, 2.75) is 44.7 Å². The number of aryl methyl sites for hydroxylation is 1. The van der Waals surface area contributed by atoms with Crippen molar-refractivity contribution in [1.82, 2.24) is 20.5 Å². The number of nitrogens with zero attached hydrogens (tertiary/aromatic N) is 2. The van der Waals surface area contributed by atoms with Crippen LogP contribution < -0.4 is 10.1 Å². The molecule has 140 valence electrons. The molecule has 0 spiro atoms. The van der Waals surface area contributed by atoms with Gasteiger partial charge >= 0.3 is 0 Å². The quantitative estimate of drug-likeness (QED) is 0.514. The van der Waals surface area contributed by atoms with Gasteiger partial charge in [-0.2, -0.15) is 0 Å². The molecule has 3 aromatic rings. The Morgan fingerprint density at radius 3 is 2.50 bits per heavy atom. The molecule has 2 bridgehead atoms. The smallest absolute Gasteiger partial charge is 0.161 e. The van der Waals surface area contributed by atoms with Gasteiger partial charge in [-0.1, -0.05) is 29.8 Å². The van der Waals surface area contributed by atoms with E-state index in [0.29, 0.717) is 12.1 Å². The van der Waals surface area contributed by atoms with Crippen molar-refractivity contribution in [1.29, 1.82) is 0 Å². The Kier molecular flexibility index (Phi) is 3.47. The van der Waals surface area contributed by atoms with Gasteiger partial charge in [-0.05, 0) is 56.4 Å². The van der Waals surface area contributed by atoms with Crippen LogP contribution in [0.1, 0.15) is 42.6 Å². The van der Waals surface area contributed by atoms with Gasteiger partial charge < -0.3 is 15.0 Å². The summed E-state index contributed by atoms with van der Waals surface area (Å²) in [4.78, 5) is 3.21. The van der Waals surface area contributed by atoms with Crippen LogP contribution in [0.3, 0.4) is 0 Å². The van der Waals surface area contributed by atoms with Gasteiger partial charge in [0.05, 0.1) is 0 Å². The second-order valence-corrected chi connectivity index (χ2v) is 8.09. The summed E-state index contributed by atoms with van der Waals surface area (Å²) < 4.78 is 6.32. The van der Waals surface area contributed by atoms with Crippen LogP contribution in [0.4, 0.5) is 0 Å². The SMILES string of the molecule is Cc1nnc(-c2ccc3c(c2)Oc2ccccc2C3=C2CC3CCC(C2)N3)[nH]1. The molecule has 2 unspecified atom stereocenters. The Morgan fingerprint density at radius 1 is 0.929 bits per heavy atom. The zero-order valence-corrected chi connectivity index (χ0v) is 15.8. The van der Waals surface area contributed by atoms with E-state index >= 15 is 0 Å². The normalized spacial score (nSPS) is 22.6. The van der Waals surface area contributed by atoms with E-state index in [4.69, 9.17) is 4.74 Å². The number of benzene rings is 2. The van der Waals surface area contributed by atoms with Crippen LogP contribution in [0.5, 0.6) is 11.5 Å². The first-order valence-corrected chi connectivity index (χ1v) is 10.0. The highest BCUT2D eigenvalue weighted by Gasteiger charge is 2.34. The van der Waals surface area contributed by atoms with Gasteiger partial charge in [0, 0.05) is 28.8 Å². The zero-order valence-electron chi connectivity index (χ0n) is 15.8. The molecule has 6 rings (SSSR count). The highest BCUT2D eigenvalue weighted by atomic mass is 16.5. The minimum absolute atomic E-state index is 0.621. The van der Waals surface area contributed by atoms with Crippen LogP contribution in [0.15, 0.2) is 48.0 Å². The van der Waals surface area contributed by atoms with Gasteiger partial charge in [0.25, 0.3) is 0 Å². The third-order valence-corrected chi connectivity index (χ3v) is 6.17. The average molecular weight is 370 g/mol. The molecule has 2 atom stereocenters. The minimum Gasteiger partial charge on any atom is -0.456 e. The fourth-order valence-corrected chi connectivity index (χ4v) is 4.95. The Hall–Kier alpha value is -2.92. The van der Waals surface area contributed by atoms with E-state index in [9.17, 15) is 0 Å². The van der Waals surface area contributed by atoms with Crippen molar-refractivity contribution in [3.63, 3.8) is 0 Å². The van der Waals surface area contributed by atoms with Crippen LogP contribution in [-0.2, 0) is 0 Å². The molecule has 1 aromatic heterocycles. The molecule has 2 N–H and O–H groups in total. The third kappa shape index (κ3) is 2.50. The van der Waals surface area contributed by atoms with E-state index in [-0.39, 0.29) is 0 Å². The standard InChI is InChI=1S/C23H22N4O/c1-13-24-23(27-26-13)14-6-9-19-21(12-14)28-20-5-3-2-4-18(20)22(19)15-10-16-7-8-17(11-15)25-16/h2-6,9,12,16-17,25H,7-8,10-11H2,1H3,(H,24,26,27). The van der Waals surface area contributed by atoms with E-state index in [1.165, 1.54) is 29.5 Å². The lowest BCUT2D eigenvalue weighted by molar-refractivity contribution is 0.465. The van der Waals surface area contributed by atoms with Gasteiger partial charge in [-0.15, -0.1) is 10.2 Å². The molecule has 0 saturated carbocycles. The number of hydrogen-bond donors (Lipinski definition) is 2. The molecule has 2 aromatic carbocycles. The zero-order chi connectivity index (χ0) is 18.7. The summed E-state index contributed by atoms with van der Waals surface area (Å²) in [5, 5.41) is 12.1. The summed E-state index contributed by atoms with van der Waals surface area (Å²) >= 11 is 0. The predicted octanol–water partition coefficient (Wildman–Crippen LogP) is 4.60. The van der Waals surface area contributed by atoms with Crippen LogP contribution in [0.2, 0.25) is 0 Å². The number of fused-ring (bicyclic) bond motifs is 4. The van der Waals surface area contributed by atoms with Crippen LogP contribution in [0.25, 0.3) is 17.0 Å². The Morgan fingerprint density at radius 2 is 1.71 bits per heavy atom. The maximum atomic E-state index is 6.32. The fourth-order valence-electron chi connectivity index (χ4n) is 4.95. The van der Waals surface area contributed by atoms with E-state index in [1.807, 2.05) is 13.0 Å². The average Bonchev–Trinajstić information content (AvgIpc) is 3.30. The second kappa shape index (κ2) is 6.04. The summed E-state index contributed by atoms with van der Waals surface area (Å²) in [6, 6.07) is 16.0. The minimum atomic E-state index is 0.621. The molecule has 0 amide bonds. The summed E-state index contributed by atoms with van der Waals surface area (Å²) in [7, 11) is 0. The first-order chi connectivity index (χ1) is 13.7. The Bertz CT molecular complexity index is 1100. The van der Waals surface area contributed by atoms with Gasteiger partial charge in [0.2, 0.25) is 0 Å². The number of para-hydroxylation sites is 1. The van der Waals surface area contributed by atoms with E-state index in [0.717, 1.165) is 41.6 Å². The van der Waals surface area contributed by atoms with Gasteiger partial charge in [0.15, 0.2) is 5.82 Å². The number of ether oxygens (including phenoxy) is 1. The topological polar surface area (TPSA) is 62.8 Å². The molecule has 0 aliphatic carbocycles. The predicted molar refractivity (Wildman–Crippen MR) is 108 cm³/mol. The van der Waals surface area contributed by atoms with E-state index < -0.39 is 0 Å². The van der Waals surface area contributed by atoms with Crippen LogP contribution >= 0.6 is 0 Å². The van der Waals surface area contributed by atoms with Crippen molar-refractivity contribution in [2.24, 2.45) is 0 Å². The first-order valence-electron chi connectivity index (χ1n) is 10.0. The summed E-state index contributed by atoms with van der Waals surface area (Å²) in [6.45, 7) is 1.91. The lowest BCUT2D eigenvalue weighted by Crippen LogP contribution is -2.35. The van der Waals surface area contributed by atoms with Crippen LogP contribution in [0, 0.1) is 6.92 Å². The molecule has 3 aliphatic heterocycles. The van der Waals surface area contributed by atoms with Crippen molar-refractivity contribution >= 4 is 5.57 Å². The van der Waals surface area contributed by atoms with E-state index in [2.05, 4.69) is 56.9 Å². The third-order valence-electron chi connectivity index (χ3n) is 6.17. The monoisotopic (exact) mass is 370 g/mol. The number of piperidine rings is 1. The highest BCUT2D eigenvalue weighted by molar-refractivity contribution is 5.90. The van der Waals surface area contributed by atoms with Crippen molar-refractivity contribution in [2.75, 3.05) is 0 Å². The largest absolute Gasteiger partial charge is 0.456 e. The number of aromatic nitrogens is 3. The molecule has 3 aliphatic rings. The van der Waals surface area contributed by atoms with E-state index in [1.54, 1.807) is 5.57 Å². The second-order valence-electron chi connectivity index (χ2n) is 8.09. The van der Waals surface area contributed by atoms with Crippen molar-refractivity contribution < 1.29 is 4.74 Å². The molecule has 2 fully saturated rings. The van der Waals surface area contributed by atoms with Crippen molar-refractivity contribution in [3.8, 4) is 22.9 Å². The maximum Gasteiger partial charge on any atom is 0.161 e. The summed E-state index contributed by atoms with van der Waals surface area (Å²) in [6.07, 6.45) is 4.83. The number of hydrogen-bond acceptors (Lipinski definition) is 4. The maximum absolute atomic E-state index is 6.32. The molecule has 4 heterocycles. The Balaban J connectivity index is 1.52. The van der Waals surface area contributed by atoms with Gasteiger partial charge in [0.1, 0.15) is 17.3 Å². The summed E-state index contributed by atoms with van der Waals surface area (Å²) in [5.74, 6) is 3.43. The summed E-state index contributed by atoms with van der Waals surface area (Å²) in [5.41, 5.74) is 6.33. The first kappa shape index (κ1) is 16.1. The highest BCUT2D eigenvalue weighted by Crippen LogP contribution is 2.48. The molecule has 0 radical (unpaired) electrons. The molecule has 2 saturated heterocycles. The number of aromatic amines is 1. The van der Waals surface area contributed by atoms with Gasteiger partial charge in [-0.3, -0.25) is 0 Å². The van der Waals surface area contributed by atoms with Crippen molar-refractivity contribution in [3.05, 3.63) is 65.0 Å². The molecular formula is C23H22N4O. The molecule has 28 heavy (non-hydrogen) atoms. The number of nitrogens with one attached hydrogen (secondary N) is 2. The Labute approximate surface area is 163 Å². The number of rotatable bonds is 1.